The molecule has 1 unspecified atom stereocenters. The molecule has 2 heteroatoms. The van der Waals surface area contributed by atoms with Crippen molar-refractivity contribution in [2.24, 2.45) is 17.8 Å². The normalized spacial score (nSPS) is 48.2. The number of rotatable bonds is 1. The van der Waals surface area contributed by atoms with E-state index in [-0.39, 0.29) is 17.8 Å². The first-order valence-corrected chi connectivity index (χ1v) is 4.37. The summed E-state index contributed by atoms with van der Waals surface area (Å²) < 4.78 is 0. The lowest BCUT2D eigenvalue weighted by Gasteiger charge is -2.23. The van der Waals surface area contributed by atoms with Crippen molar-refractivity contribution in [3.05, 3.63) is 0 Å². The zero-order chi connectivity index (χ0) is 8.01. The van der Waals surface area contributed by atoms with Gasteiger partial charge >= 0.3 is 0 Å². The molecule has 2 aliphatic rings. The Kier molecular flexibility index (Phi) is 1.53. The Hall–Kier alpha value is -0.370. The van der Waals surface area contributed by atoms with Gasteiger partial charge in [0.05, 0.1) is 6.10 Å². The predicted octanol–water partition coefficient (Wildman–Crippen LogP) is 0.982. The second-order valence-electron chi connectivity index (χ2n) is 4.02. The molecular formula is C9H14O2. The smallest absolute Gasteiger partial charge is 0.133 e. The molecule has 2 aliphatic carbocycles. The zero-order valence-electron chi connectivity index (χ0n) is 6.79. The molecule has 4 atom stereocenters. The van der Waals surface area contributed by atoms with Crippen molar-refractivity contribution in [3.63, 3.8) is 0 Å². The van der Waals surface area contributed by atoms with Gasteiger partial charge in [-0.25, -0.2) is 0 Å². The van der Waals surface area contributed by atoms with Gasteiger partial charge in [-0.3, -0.25) is 4.79 Å². The van der Waals surface area contributed by atoms with E-state index in [0.29, 0.717) is 11.8 Å². The summed E-state index contributed by atoms with van der Waals surface area (Å²) in [7, 11) is 0. The van der Waals surface area contributed by atoms with Gasteiger partial charge in [0.2, 0.25) is 0 Å². The van der Waals surface area contributed by atoms with Crippen molar-refractivity contribution >= 4 is 5.78 Å². The van der Waals surface area contributed by atoms with Crippen molar-refractivity contribution in [2.75, 3.05) is 0 Å². The van der Waals surface area contributed by atoms with Crippen molar-refractivity contribution < 1.29 is 9.90 Å². The number of carbonyl (C=O) groups excluding carboxylic acids is 1. The van der Waals surface area contributed by atoms with E-state index in [9.17, 15) is 9.90 Å². The summed E-state index contributed by atoms with van der Waals surface area (Å²) in [4.78, 5) is 11.1. The molecule has 0 radical (unpaired) electrons. The van der Waals surface area contributed by atoms with E-state index < -0.39 is 0 Å². The zero-order valence-corrected chi connectivity index (χ0v) is 6.79. The molecule has 0 aromatic heterocycles. The average Bonchev–Trinajstić information content (AvgIpc) is 2.43. The topological polar surface area (TPSA) is 37.3 Å². The van der Waals surface area contributed by atoms with Crippen molar-refractivity contribution in [1.82, 2.24) is 0 Å². The fraction of sp³-hybridized carbons (Fsp3) is 0.889. The minimum atomic E-state index is -0.178. The third-order valence-corrected chi connectivity index (χ3v) is 3.30. The van der Waals surface area contributed by atoms with Gasteiger partial charge in [0, 0.05) is 5.92 Å². The summed E-state index contributed by atoms with van der Waals surface area (Å²) >= 11 is 0. The van der Waals surface area contributed by atoms with Gasteiger partial charge in [-0.2, -0.15) is 0 Å². The van der Waals surface area contributed by atoms with Crippen molar-refractivity contribution in [2.45, 2.75) is 32.3 Å². The Bertz CT molecular complexity index is 188. The summed E-state index contributed by atoms with van der Waals surface area (Å²) in [5, 5.41) is 9.49. The molecule has 11 heavy (non-hydrogen) atoms. The quantitative estimate of drug-likeness (QED) is 0.611. The highest BCUT2D eigenvalue weighted by molar-refractivity contribution is 5.79. The van der Waals surface area contributed by atoms with Crippen LogP contribution in [-0.2, 0) is 4.79 Å². The highest BCUT2D eigenvalue weighted by Gasteiger charge is 2.47. The van der Waals surface area contributed by atoms with Crippen LogP contribution in [0.15, 0.2) is 0 Å². The maximum Gasteiger partial charge on any atom is 0.133 e. The van der Waals surface area contributed by atoms with E-state index in [4.69, 9.17) is 0 Å². The molecular weight excluding hydrogens is 140 g/mol. The summed E-state index contributed by atoms with van der Waals surface area (Å²) in [6.07, 6.45) is 2.89. The van der Waals surface area contributed by atoms with Gasteiger partial charge in [0.15, 0.2) is 0 Å². The lowest BCUT2D eigenvalue weighted by molar-refractivity contribution is -0.123. The average molecular weight is 154 g/mol. The van der Waals surface area contributed by atoms with Gasteiger partial charge in [-0.1, -0.05) is 0 Å². The Balaban J connectivity index is 2.12. The van der Waals surface area contributed by atoms with Crippen LogP contribution in [0.5, 0.6) is 0 Å². The van der Waals surface area contributed by atoms with Crippen LogP contribution in [0.4, 0.5) is 0 Å². The molecule has 0 aromatic rings. The van der Waals surface area contributed by atoms with Crippen LogP contribution in [0.1, 0.15) is 26.2 Å². The fourth-order valence-electron chi connectivity index (χ4n) is 2.78. The van der Waals surface area contributed by atoms with Crippen LogP contribution in [0.25, 0.3) is 0 Å². The van der Waals surface area contributed by atoms with E-state index in [1.807, 2.05) is 0 Å². The number of aliphatic hydroxyl groups excluding tert-OH is 1. The predicted molar refractivity (Wildman–Crippen MR) is 41.0 cm³/mol. The first-order chi connectivity index (χ1) is 5.18. The Morgan fingerprint density at radius 1 is 1.36 bits per heavy atom. The molecule has 2 bridgehead atoms. The number of carbonyl (C=O) groups is 1. The van der Waals surface area contributed by atoms with Crippen LogP contribution < -0.4 is 0 Å². The first kappa shape index (κ1) is 7.29. The standard InChI is InChI=1S/C9H14O2/c1-5(10)7-2-6-3-8(7)9(11)4-6/h6-9,11H,2-4H2,1H3/t6-,7?,8-,9+/m1/s1. The SMILES string of the molecule is CC(=O)C1C[C@@H]2C[C@H]1[C@@H](O)C2. The highest BCUT2D eigenvalue weighted by Crippen LogP contribution is 2.48. The molecule has 2 saturated carbocycles. The maximum absolute atomic E-state index is 11.1. The summed E-state index contributed by atoms with van der Waals surface area (Å²) in [5.74, 6) is 1.40. The Labute approximate surface area is 66.6 Å². The van der Waals surface area contributed by atoms with Crippen LogP contribution in [0, 0.1) is 17.8 Å². The van der Waals surface area contributed by atoms with Gasteiger partial charge < -0.3 is 5.11 Å². The molecule has 62 valence electrons. The third-order valence-electron chi connectivity index (χ3n) is 3.30. The lowest BCUT2D eigenvalue weighted by Crippen LogP contribution is -2.28. The number of Topliss-reactive ketones (excluding diaryl/α,β-unsaturated/α-hetero) is 1. The molecule has 2 fully saturated rings. The maximum atomic E-state index is 11.1. The van der Waals surface area contributed by atoms with E-state index in [0.717, 1.165) is 19.3 Å². The molecule has 0 amide bonds. The van der Waals surface area contributed by atoms with Crippen LogP contribution in [-0.4, -0.2) is 17.0 Å². The molecule has 0 aromatic carbocycles. The van der Waals surface area contributed by atoms with E-state index >= 15 is 0 Å². The Morgan fingerprint density at radius 2 is 2.09 bits per heavy atom. The second kappa shape index (κ2) is 2.31. The van der Waals surface area contributed by atoms with Crippen LogP contribution in [0.2, 0.25) is 0 Å². The largest absolute Gasteiger partial charge is 0.393 e. The fourth-order valence-corrected chi connectivity index (χ4v) is 2.78. The number of fused-ring (bicyclic) bond motifs is 2. The second-order valence-corrected chi connectivity index (χ2v) is 4.02. The first-order valence-electron chi connectivity index (χ1n) is 4.37. The molecule has 0 heterocycles. The van der Waals surface area contributed by atoms with E-state index in [1.54, 1.807) is 6.92 Å². The number of ketones is 1. The van der Waals surface area contributed by atoms with Gasteiger partial charge in [0.25, 0.3) is 0 Å². The van der Waals surface area contributed by atoms with E-state index in [2.05, 4.69) is 0 Å². The van der Waals surface area contributed by atoms with Gasteiger partial charge in [-0.15, -0.1) is 0 Å². The van der Waals surface area contributed by atoms with Crippen LogP contribution >= 0.6 is 0 Å². The molecule has 0 aliphatic heterocycles. The van der Waals surface area contributed by atoms with Gasteiger partial charge in [0.1, 0.15) is 5.78 Å². The lowest BCUT2D eigenvalue weighted by atomic mass is 9.84. The third kappa shape index (κ3) is 1.00. The Morgan fingerprint density at radius 3 is 2.45 bits per heavy atom. The molecule has 0 spiro atoms. The van der Waals surface area contributed by atoms with Crippen molar-refractivity contribution in [1.29, 1.82) is 0 Å². The molecule has 2 nitrogen and oxygen atoms in total. The van der Waals surface area contributed by atoms with Crippen molar-refractivity contribution in [3.8, 4) is 0 Å². The highest BCUT2D eigenvalue weighted by atomic mass is 16.3. The summed E-state index contributed by atoms with van der Waals surface area (Å²) in [6, 6.07) is 0. The van der Waals surface area contributed by atoms with E-state index in [1.165, 1.54) is 0 Å². The van der Waals surface area contributed by atoms with Gasteiger partial charge in [-0.05, 0) is 38.0 Å². The molecule has 2 rings (SSSR count). The minimum absolute atomic E-state index is 0.178. The monoisotopic (exact) mass is 154 g/mol. The summed E-state index contributed by atoms with van der Waals surface area (Å²) in [5.41, 5.74) is 0. The number of hydrogen-bond acceptors (Lipinski definition) is 2. The summed E-state index contributed by atoms with van der Waals surface area (Å²) in [6.45, 7) is 1.65. The number of hydrogen-bond donors (Lipinski definition) is 1. The minimum Gasteiger partial charge on any atom is -0.393 e. The molecule has 1 N–H and O–H groups in total. The van der Waals surface area contributed by atoms with Crippen LogP contribution in [0.3, 0.4) is 0 Å². The number of aliphatic hydroxyl groups is 1. The molecule has 0 saturated heterocycles.